The van der Waals surface area contributed by atoms with E-state index < -0.39 is 0 Å². The number of carbonyl (C=O) groups excluding carboxylic acids is 1. The van der Waals surface area contributed by atoms with Crippen LogP contribution in [0.5, 0.6) is 0 Å². The van der Waals surface area contributed by atoms with Crippen LogP contribution >= 0.6 is 0 Å². The summed E-state index contributed by atoms with van der Waals surface area (Å²) in [5.74, 6) is 0.334. The third kappa shape index (κ3) is 2.33. The molecule has 0 aliphatic heterocycles. The first-order valence-electron chi connectivity index (χ1n) is 5.87. The molecule has 1 aromatic carbocycles. The van der Waals surface area contributed by atoms with E-state index in [4.69, 9.17) is 4.52 Å². The van der Waals surface area contributed by atoms with Crippen molar-refractivity contribution in [3.05, 3.63) is 41.7 Å². The smallest absolute Gasteiger partial charge is 0.231 e. The van der Waals surface area contributed by atoms with E-state index in [9.17, 15) is 4.79 Å². The van der Waals surface area contributed by atoms with Crippen molar-refractivity contribution in [2.75, 3.05) is 5.32 Å². The fourth-order valence-electron chi connectivity index (χ4n) is 1.89. The van der Waals surface area contributed by atoms with Crippen molar-refractivity contribution in [1.82, 2.24) is 15.4 Å². The zero-order valence-corrected chi connectivity index (χ0v) is 10.3. The molecule has 0 bridgehead atoms. The molecule has 6 nitrogen and oxygen atoms in total. The van der Waals surface area contributed by atoms with Crippen LogP contribution in [0.2, 0.25) is 0 Å². The lowest BCUT2D eigenvalue weighted by Gasteiger charge is -1.98. The van der Waals surface area contributed by atoms with Crippen molar-refractivity contribution >= 4 is 22.7 Å². The number of aromatic nitrogens is 3. The molecule has 3 aromatic rings. The SMILES string of the molecule is Cc1cc(NC(=O)Cc2noc3ccccc23)n[nH]1. The minimum atomic E-state index is -0.175. The van der Waals surface area contributed by atoms with E-state index in [1.807, 2.05) is 31.2 Å². The van der Waals surface area contributed by atoms with Crippen LogP contribution in [0, 0.1) is 6.92 Å². The van der Waals surface area contributed by atoms with Gasteiger partial charge in [-0.3, -0.25) is 9.89 Å². The van der Waals surface area contributed by atoms with Gasteiger partial charge in [0.25, 0.3) is 0 Å². The summed E-state index contributed by atoms with van der Waals surface area (Å²) in [6.07, 6.45) is 0.156. The van der Waals surface area contributed by atoms with Crippen molar-refractivity contribution in [1.29, 1.82) is 0 Å². The molecule has 2 heterocycles. The normalized spacial score (nSPS) is 10.8. The third-order valence-electron chi connectivity index (χ3n) is 2.75. The second kappa shape index (κ2) is 4.56. The van der Waals surface area contributed by atoms with Gasteiger partial charge in [0.2, 0.25) is 5.91 Å². The van der Waals surface area contributed by atoms with Gasteiger partial charge < -0.3 is 9.84 Å². The number of fused-ring (bicyclic) bond motifs is 1. The monoisotopic (exact) mass is 256 g/mol. The molecular weight excluding hydrogens is 244 g/mol. The van der Waals surface area contributed by atoms with Crippen molar-refractivity contribution < 1.29 is 9.32 Å². The summed E-state index contributed by atoms with van der Waals surface area (Å²) in [5.41, 5.74) is 2.20. The highest BCUT2D eigenvalue weighted by atomic mass is 16.5. The van der Waals surface area contributed by atoms with Crippen molar-refractivity contribution in [3.63, 3.8) is 0 Å². The van der Waals surface area contributed by atoms with Crippen LogP contribution in [0.15, 0.2) is 34.9 Å². The predicted octanol–water partition coefficient (Wildman–Crippen LogP) is 2.04. The van der Waals surface area contributed by atoms with Gasteiger partial charge in [0.15, 0.2) is 11.4 Å². The van der Waals surface area contributed by atoms with Gasteiger partial charge in [-0.1, -0.05) is 17.3 Å². The Hall–Kier alpha value is -2.63. The number of carbonyl (C=O) groups is 1. The first kappa shape index (κ1) is 11.5. The first-order valence-corrected chi connectivity index (χ1v) is 5.87. The summed E-state index contributed by atoms with van der Waals surface area (Å²) < 4.78 is 5.15. The Morgan fingerprint density at radius 3 is 3.05 bits per heavy atom. The van der Waals surface area contributed by atoms with Gasteiger partial charge in [0.05, 0.1) is 6.42 Å². The van der Waals surface area contributed by atoms with E-state index in [-0.39, 0.29) is 12.3 Å². The highest BCUT2D eigenvalue weighted by Gasteiger charge is 2.12. The quantitative estimate of drug-likeness (QED) is 0.751. The van der Waals surface area contributed by atoms with E-state index in [1.54, 1.807) is 6.07 Å². The lowest BCUT2D eigenvalue weighted by Crippen LogP contribution is -2.15. The van der Waals surface area contributed by atoms with Crippen LogP contribution < -0.4 is 5.32 Å². The fraction of sp³-hybridized carbons (Fsp3) is 0.154. The summed E-state index contributed by atoms with van der Waals surface area (Å²) in [6.45, 7) is 1.87. The molecule has 0 aliphatic rings. The number of nitrogens with zero attached hydrogens (tertiary/aromatic N) is 2. The van der Waals surface area contributed by atoms with Crippen molar-refractivity contribution in [3.8, 4) is 0 Å². The molecule has 0 unspecified atom stereocenters. The molecule has 96 valence electrons. The lowest BCUT2D eigenvalue weighted by molar-refractivity contribution is -0.115. The number of aryl methyl sites for hydroxylation is 1. The van der Waals surface area contributed by atoms with E-state index in [1.165, 1.54) is 0 Å². The van der Waals surface area contributed by atoms with Crippen molar-refractivity contribution in [2.45, 2.75) is 13.3 Å². The van der Waals surface area contributed by atoms with Gasteiger partial charge >= 0.3 is 0 Å². The Morgan fingerprint density at radius 2 is 2.26 bits per heavy atom. The third-order valence-corrected chi connectivity index (χ3v) is 2.75. The fourth-order valence-corrected chi connectivity index (χ4v) is 1.89. The second-order valence-corrected chi connectivity index (χ2v) is 4.29. The van der Waals surface area contributed by atoms with Crippen LogP contribution in [0.3, 0.4) is 0 Å². The topological polar surface area (TPSA) is 83.8 Å². The molecule has 0 saturated carbocycles. The molecule has 0 aliphatic carbocycles. The highest BCUT2D eigenvalue weighted by Crippen LogP contribution is 2.18. The highest BCUT2D eigenvalue weighted by molar-refractivity contribution is 5.93. The minimum absolute atomic E-state index is 0.156. The van der Waals surface area contributed by atoms with Crippen LogP contribution in [-0.2, 0) is 11.2 Å². The van der Waals surface area contributed by atoms with E-state index in [2.05, 4.69) is 20.7 Å². The maximum atomic E-state index is 11.9. The van der Waals surface area contributed by atoms with Crippen LogP contribution in [0.1, 0.15) is 11.4 Å². The van der Waals surface area contributed by atoms with E-state index in [0.29, 0.717) is 17.1 Å². The largest absolute Gasteiger partial charge is 0.356 e. The molecule has 6 heteroatoms. The Kier molecular flexibility index (Phi) is 2.75. The zero-order chi connectivity index (χ0) is 13.2. The van der Waals surface area contributed by atoms with Gasteiger partial charge in [0, 0.05) is 17.1 Å². The number of aromatic amines is 1. The van der Waals surface area contributed by atoms with Gasteiger partial charge in [-0.15, -0.1) is 0 Å². The summed E-state index contributed by atoms with van der Waals surface area (Å²) in [7, 11) is 0. The number of nitrogens with one attached hydrogen (secondary N) is 2. The maximum absolute atomic E-state index is 11.9. The second-order valence-electron chi connectivity index (χ2n) is 4.29. The molecular formula is C13H12N4O2. The molecule has 0 fully saturated rings. The zero-order valence-electron chi connectivity index (χ0n) is 10.3. The Balaban J connectivity index is 1.76. The number of para-hydroxylation sites is 1. The number of anilines is 1. The summed E-state index contributed by atoms with van der Waals surface area (Å²) in [5, 5.41) is 14.2. The van der Waals surface area contributed by atoms with E-state index in [0.717, 1.165) is 11.1 Å². The standard InChI is InChI=1S/C13H12N4O2/c1-8-6-12(16-15-8)14-13(18)7-10-9-4-2-3-5-11(9)19-17-10/h2-6H,7H2,1H3,(H2,14,15,16,18). The Morgan fingerprint density at radius 1 is 1.42 bits per heavy atom. The average Bonchev–Trinajstić information content (AvgIpc) is 2.97. The number of amides is 1. The summed E-state index contributed by atoms with van der Waals surface area (Å²) in [6, 6.07) is 9.22. The van der Waals surface area contributed by atoms with Crippen LogP contribution in [0.4, 0.5) is 5.82 Å². The minimum Gasteiger partial charge on any atom is -0.356 e. The molecule has 2 N–H and O–H groups in total. The first-order chi connectivity index (χ1) is 9.22. The molecule has 0 spiro atoms. The Labute approximate surface area is 108 Å². The summed E-state index contributed by atoms with van der Waals surface area (Å²) >= 11 is 0. The number of H-pyrrole nitrogens is 1. The molecule has 0 radical (unpaired) electrons. The molecule has 3 rings (SSSR count). The van der Waals surface area contributed by atoms with E-state index >= 15 is 0 Å². The number of hydrogen-bond acceptors (Lipinski definition) is 4. The molecule has 19 heavy (non-hydrogen) atoms. The maximum Gasteiger partial charge on any atom is 0.231 e. The van der Waals surface area contributed by atoms with Gasteiger partial charge in [-0.05, 0) is 19.1 Å². The Bertz CT molecular complexity index is 729. The van der Waals surface area contributed by atoms with Gasteiger partial charge in [0.1, 0.15) is 5.69 Å². The number of rotatable bonds is 3. The van der Waals surface area contributed by atoms with Crippen molar-refractivity contribution in [2.24, 2.45) is 0 Å². The molecule has 0 saturated heterocycles. The predicted molar refractivity (Wildman–Crippen MR) is 69.7 cm³/mol. The number of benzene rings is 1. The average molecular weight is 256 g/mol. The number of hydrogen-bond donors (Lipinski definition) is 2. The lowest BCUT2D eigenvalue weighted by atomic mass is 10.1. The molecule has 2 aromatic heterocycles. The summed E-state index contributed by atoms with van der Waals surface area (Å²) in [4.78, 5) is 11.9. The van der Waals surface area contributed by atoms with Gasteiger partial charge in [-0.25, -0.2) is 0 Å². The molecule has 0 atom stereocenters. The van der Waals surface area contributed by atoms with Crippen LogP contribution in [0.25, 0.3) is 11.0 Å². The molecule has 1 amide bonds. The van der Waals surface area contributed by atoms with Crippen LogP contribution in [-0.4, -0.2) is 21.3 Å². The van der Waals surface area contributed by atoms with Gasteiger partial charge in [-0.2, -0.15) is 5.10 Å².